The number of carbonyl (C=O) groups excluding carboxylic acids is 2. The standard InChI is InChI=1S/C24H24ClN3O7/c1-34-19-6-5-16(14-18(19)25)22(29)20-21(15-3-2-4-17(13-15)28(32)33)27(24(31)23(20)30)8-7-26-9-11-35-12-10-26/h2-6,13-14,21,29H,7-12H2,1H3/b22-20+/t21-/m0/s1. The number of morpholine rings is 1. The Morgan fingerprint density at radius 2 is 1.94 bits per heavy atom. The number of nitrogens with zero attached hydrogens (tertiary/aromatic N) is 3. The molecular formula is C24H24ClN3O7. The lowest BCUT2D eigenvalue weighted by Gasteiger charge is -2.31. The summed E-state index contributed by atoms with van der Waals surface area (Å²) in [5.74, 6) is -1.69. The van der Waals surface area contributed by atoms with E-state index in [2.05, 4.69) is 4.90 Å². The molecule has 1 N–H and O–H groups in total. The number of nitro benzene ring substituents is 1. The van der Waals surface area contributed by atoms with Gasteiger partial charge in [-0.25, -0.2) is 0 Å². The number of rotatable bonds is 7. The van der Waals surface area contributed by atoms with E-state index >= 15 is 0 Å². The number of carbonyl (C=O) groups is 2. The van der Waals surface area contributed by atoms with E-state index < -0.39 is 28.4 Å². The number of methoxy groups -OCH3 is 1. The molecule has 1 atom stereocenters. The molecule has 2 aromatic carbocycles. The fourth-order valence-electron chi connectivity index (χ4n) is 4.31. The molecule has 4 rings (SSSR count). The third-order valence-electron chi connectivity index (χ3n) is 6.12. The largest absolute Gasteiger partial charge is 0.507 e. The van der Waals surface area contributed by atoms with Crippen LogP contribution in [0.1, 0.15) is 17.2 Å². The highest BCUT2D eigenvalue weighted by atomic mass is 35.5. The zero-order valence-corrected chi connectivity index (χ0v) is 19.7. The van der Waals surface area contributed by atoms with Crippen LogP contribution in [0.25, 0.3) is 5.76 Å². The van der Waals surface area contributed by atoms with Crippen molar-refractivity contribution in [2.24, 2.45) is 0 Å². The smallest absolute Gasteiger partial charge is 0.295 e. The fraction of sp³-hybridized carbons (Fsp3) is 0.333. The fourth-order valence-corrected chi connectivity index (χ4v) is 4.57. The highest BCUT2D eigenvalue weighted by molar-refractivity contribution is 6.46. The van der Waals surface area contributed by atoms with Gasteiger partial charge >= 0.3 is 0 Å². The number of non-ortho nitro benzene ring substituents is 1. The lowest BCUT2D eigenvalue weighted by atomic mass is 9.95. The minimum atomic E-state index is -1.00. The van der Waals surface area contributed by atoms with Crippen LogP contribution in [-0.4, -0.2) is 78.0 Å². The first-order chi connectivity index (χ1) is 16.8. The average Bonchev–Trinajstić information content (AvgIpc) is 3.12. The van der Waals surface area contributed by atoms with Crippen molar-refractivity contribution in [3.05, 3.63) is 74.3 Å². The molecule has 1 amide bonds. The van der Waals surface area contributed by atoms with E-state index in [1.165, 1.54) is 48.4 Å². The lowest BCUT2D eigenvalue weighted by Crippen LogP contribution is -2.42. The van der Waals surface area contributed by atoms with Gasteiger partial charge in [-0.2, -0.15) is 0 Å². The van der Waals surface area contributed by atoms with Gasteiger partial charge in [-0.05, 0) is 23.8 Å². The summed E-state index contributed by atoms with van der Waals surface area (Å²) in [6.45, 7) is 3.20. The first-order valence-corrected chi connectivity index (χ1v) is 11.4. The van der Waals surface area contributed by atoms with Crippen molar-refractivity contribution in [3.63, 3.8) is 0 Å². The number of likely N-dealkylation sites (tertiary alicyclic amines) is 1. The van der Waals surface area contributed by atoms with E-state index in [9.17, 15) is 24.8 Å². The molecule has 2 aromatic rings. The Labute approximate surface area is 206 Å². The van der Waals surface area contributed by atoms with Crippen molar-refractivity contribution in [1.29, 1.82) is 0 Å². The topological polar surface area (TPSA) is 122 Å². The molecule has 0 aliphatic carbocycles. The maximum Gasteiger partial charge on any atom is 0.295 e. The van der Waals surface area contributed by atoms with Gasteiger partial charge in [0.15, 0.2) is 0 Å². The Morgan fingerprint density at radius 3 is 2.60 bits per heavy atom. The van der Waals surface area contributed by atoms with Gasteiger partial charge in [0, 0.05) is 43.9 Å². The second-order valence-electron chi connectivity index (χ2n) is 8.15. The molecule has 2 aliphatic rings. The van der Waals surface area contributed by atoms with Crippen molar-refractivity contribution in [2.45, 2.75) is 6.04 Å². The van der Waals surface area contributed by atoms with Gasteiger partial charge in [0.25, 0.3) is 17.4 Å². The number of amides is 1. The molecule has 10 nitrogen and oxygen atoms in total. The van der Waals surface area contributed by atoms with Crippen molar-refractivity contribution in [2.75, 3.05) is 46.5 Å². The Morgan fingerprint density at radius 1 is 1.20 bits per heavy atom. The quantitative estimate of drug-likeness (QED) is 0.202. The van der Waals surface area contributed by atoms with Crippen LogP contribution in [-0.2, 0) is 14.3 Å². The molecular weight excluding hydrogens is 478 g/mol. The molecule has 2 aliphatic heterocycles. The predicted octanol–water partition coefficient (Wildman–Crippen LogP) is 3.01. The summed E-state index contributed by atoms with van der Waals surface area (Å²) in [7, 11) is 1.45. The highest BCUT2D eigenvalue weighted by Crippen LogP contribution is 2.41. The van der Waals surface area contributed by atoms with E-state index in [-0.39, 0.29) is 28.4 Å². The van der Waals surface area contributed by atoms with E-state index in [1.807, 2.05) is 0 Å². The summed E-state index contributed by atoms with van der Waals surface area (Å²) in [6, 6.07) is 9.21. The van der Waals surface area contributed by atoms with Crippen LogP contribution in [0.3, 0.4) is 0 Å². The zero-order chi connectivity index (χ0) is 25.1. The average molecular weight is 502 g/mol. The number of aliphatic hydroxyl groups is 1. The van der Waals surface area contributed by atoms with Gasteiger partial charge in [-0.15, -0.1) is 0 Å². The number of Topliss-reactive ketones (excluding diaryl/α,β-unsaturated/α-hetero) is 1. The first kappa shape index (κ1) is 24.6. The van der Waals surface area contributed by atoms with E-state index in [0.717, 1.165) is 0 Å². The molecule has 0 radical (unpaired) electrons. The van der Waals surface area contributed by atoms with Crippen molar-refractivity contribution < 1.29 is 29.1 Å². The Hall–Kier alpha value is -3.47. The van der Waals surface area contributed by atoms with E-state index in [4.69, 9.17) is 21.1 Å². The third-order valence-corrected chi connectivity index (χ3v) is 6.42. The monoisotopic (exact) mass is 501 g/mol. The van der Waals surface area contributed by atoms with E-state index in [1.54, 1.807) is 6.07 Å². The van der Waals surface area contributed by atoms with Crippen LogP contribution in [0.5, 0.6) is 5.75 Å². The minimum Gasteiger partial charge on any atom is -0.507 e. The van der Waals surface area contributed by atoms with Gasteiger partial charge in [-0.1, -0.05) is 23.7 Å². The van der Waals surface area contributed by atoms with Crippen LogP contribution in [0.2, 0.25) is 5.02 Å². The normalized spacial score (nSPS) is 20.3. The van der Waals surface area contributed by atoms with Gasteiger partial charge < -0.3 is 19.5 Å². The molecule has 2 fully saturated rings. The lowest BCUT2D eigenvalue weighted by molar-refractivity contribution is -0.384. The Bertz CT molecular complexity index is 1190. The first-order valence-electron chi connectivity index (χ1n) is 11.0. The number of hydrogen-bond acceptors (Lipinski definition) is 8. The highest BCUT2D eigenvalue weighted by Gasteiger charge is 2.46. The predicted molar refractivity (Wildman–Crippen MR) is 127 cm³/mol. The molecule has 184 valence electrons. The van der Waals surface area contributed by atoms with Crippen LogP contribution in [0, 0.1) is 10.1 Å². The Balaban J connectivity index is 1.78. The molecule has 0 saturated carbocycles. The van der Waals surface area contributed by atoms with Gasteiger partial charge in [-0.3, -0.25) is 24.6 Å². The van der Waals surface area contributed by atoms with Gasteiger partial charge in [0.2, 0.25) is 0 Å². The van der Waals surface area contributed by atoms with Crippen LogP contribution >= 0.6 is 11.6 Å². The van der Waals surface area contributed by atoms with Crippen LogP contribution < -0.4 is 4.74 Å². The zero-order valence-electron chi connectivity index (χ0n) is 19.0. The van der Waals surface area contributed by atoms with Crippen molar-refractivity contribution >= 4 is 34.7 Å². The maximum absolute atomic E-state index is 13.2. The number of halogens is 1. The molecule has 2 saturated heterocycles. The van der Waals surface area contributed by atoms with Gasteiger partial charge in [0.1, 0.15) is 11.5 Å². The van der Waals surface area contributed by atoms with Crippen LogP contribution in [0.4, 0.5) is 5.69 Å². The molecule has 35 heavy (non-hydrogen) atoms. The molecule has 0 aromatic heterocycles. The summed E-state index contributed by atoms with van der Waals surface area (Å²) in [6.07, 6.45) is 0. The molecule has 2 heterocycles. The number of ketones is 1. The number of nitro groups is 1. The molecule has 0 spiro atoms. The van der Waals surface area contributed by atoms with Gasteiger partial charge in [0.05, 0.1) is 41.9 Å². The molecule has 11 heteroatoms. The minimum absolute atomic E-state index is 0.154. The summed E-state index contributed by atoms with van der Waals surface area (Å²) in [5, 5.41) is 22.8. The summed E-state index contributed by atoms with van der Waals surface area (Å²) in [4.78, 5) is 40.6. The molecule has 0 unspecified atom stereocenters. The summed E-state index contributed by atoms with van der Waals surface area (Å²) in [5.41, 5.74) is 0.228. The van der Waals surface area contributed by atoms with Crippen molar-refractivity contribution in [3.8, 4) is 5.75 Å². The number of ether oxygens (including phenoxy) is 2. The third kappa shape index (κ3) is 5.00. The summed E-state index contributed by atoms with van der Waals surface area (Å²) < 4.78 is 10.5. The van der Waals surface area contributed by atoms with E-state index in [0.29, 0.717) is 44.2 Å². The number of benzene rings is 2. The number of hydrogen-bond donors (Lipinski definition) is 1. The van der Waals surface area contributed by atoms with Crippen molar-refractivity contribution in [1.82, 2.24) is 9.80 Å². The second-order valence-corrected chi connectivity index (χ2v) is 8.56. The summed E-state index contributed by atoms with van der Waals surface area (Å²) >= 11 is 6.21. The second kappa shape index (κ2) is 10.4. The Kier molecular flexibility index (Phi) is 7.34. The molecule has 0 bridgehead atoms. The van der Waals surface area contributed by atoms with Crippen LogP contribution in [0.15, 0.2) is 48.0 Å². The SMILES string of the molecule is COc1ccc(/C(O)=C2\C(=O)C(=O)N(CCN3CCOCC3)[C@H]2c2cccc([N+](=O)[O-])c2)cc1Cl. The number of aliphatic hydroxyl groups excluding tert-OH is 1. The maximum atomic E-state index is 13.2.